The van der Waals surface area contributed by atoms with Gasteiger partial charge in [-0.1, -0.05) is 6.92 Å². The third kappa shape index (κ3) is 4.09. The van der Waals surface area contributed by atoms with Gasteiger partial charge in [0.2, 0.25) is 0 Å². The van der Waals surface area contributed by atoms with Gasteiger partial charge < -0.3 is 5.32 Å². The second-order valence-corrected chi connectivity index (χ2v) is 6.77. The van der Waals surface area contributed by atoms with E-state index < -0.39 is 11.6 Å². The Balaban J connectivity index is 2.23. The summed E-state index contributed by atoms with van der Waals surface area (Å²) in [6.45, 7) is 2.72. The van der Waals surface area contributed by atoms with E-state index in [4.69, 9.17) is 0 Å². The minimum Gasteiger partial charge on any atom is -0.310 e. The molecule has 1 N–H and O–H groups in total. The van der Waals surface area contributed by atoms with Crippen LogP contribution in [0.5, 0.6) is 0 Å². The molecule has 1 aromatic carbocycles. The molecular formula is C14H14BrF2NS. The van der Waals surface area contributed by atoms with Crippen molar-refractivity contribution in [2.45, 2.75) is 19.4 Å². The van der Waals surface area contributed by atoms with Gasteiger partial charge in [0.1, 0.15) is 11.6 Å². The maximum Gasteiger partial charge on any atom is 0.126 e. The van der Waals surface area contributed by atoms with Gasteiger partial charge in [-0.25, -0.2) is 8.78 Å². The van der Waals surface area contributed by atoms with E-state index in [9.17, 15) is 8.78 Å². The van der Waals surface area contributed by atoms with Crippen LogP contribution in [0.1, 0.15) is 23.4 Å². The number of likely N-dealkylation sites (N-methyl/N-ethyl adjacent to an activating group) is 1. The smallest absolute Gasteiger partial charge is 0.126 e. The molecule has 0 bridgehead atoms. The zero-order valence-corrected chi connectivity index (χ0v) is 12.8. The number of benzene rings is 1. The Morgan fingerprint density at radius 3 is 2.42 bits per heavy atom. The highest BCUT2D eigenvalue weighted by molar-refractivity contribution is 9.11. The van der Waals surface area contributed by atoms with Gasteiger partial charge in [-0.15, -0.1) is 11.3 Å². The highest BCUT2D eigenvalue weighted by Gasteiger charge is 2.14. The molecule has 0 amide bonds. The van der Waals surface area contributed by atoms with Gasteiger partial charge >= 0.3 is 0 Å². The molecule has 1 unspecified atom stereocenters. The minimum absolute atomic E-state index is 0.0826. The summed E-state index contributed by atoms with van der Waals surface area (Å²) in [6, 6.07) is 7.59. The van der Waals surface area contributed by atoms with Crippen molar-refractivity contribution in [1.29, 1.82) is 0 Å². The van der Waals surface area contributed by atoms with E-state index in [1.807, 2.05) is 19.1 Å². The molecule has 1 nitrogen and oxygen atoms in total. The van der Waals surface area contributed by atoms with Crippen molar-refractivity contribution in [3.63, 3.8) is 0 Å². The van der Waals surface area contributed by atoms with E-state index in [-0.39, 0.29) is 6.04 Å². The van der Waals surface area contributed by atoms with Crippen molar-refractivity contribution in [3.05, 3.63) is 56.2 Å². The molecule has 2 rings (SSSR count). The van der Waals surface area contributed by atoms with Gasteiger partial charge in [0, 0.05) is 23.4 Å². The molecule has 0 saturated carbocycles. The first-order valence-corrected chi connectivity index (χ1v) is 7.63. The van der Waals surface area contributed by atoms with Gasteiger partial charge in [0.15, 0.2) is 0 Å². The van der Waals surface area contributed by atoms with Crippen molar-refractivity contribution >= 4 is 27.3 Å². The molecule has 5 heteroatoms. The summed E-state index contributed by atoms with van der Waals surface area (Å²) >= 11 is 5.05. The van der Waals surface area contributed by atoms with Crippen molar-refractivity contribution < 1.29 is 8.78 Å². The molecule has 0 aliphatic heterocycles. The zero-order valence-electron chi connectivity index (χ0n) is 10.4. The lowest BCUT2D eigenvalue weighted by atomic mass is 10.0. The first-order chi connectivity index (χ1) is 9.08. The predicted molar refractivity (Wildman–Crippen MR) is 78.5 cm³/mol. The summed E-state index contributed by atoms with van der Waals surface area (Å²) in [5.74, 6) is -1.07. The summed E-state index contributed by atoms with van der Waals surface area (Å²) in [5, 5.41) is 3.27. The topological polar surface area (TPSA) is 12.0 Å². The third-order valence-electron chi connectivity index (χ3n) is 2.77. The first-order valence-electron chi connectivity index (χ1n) is 6.02. The van der Waals surface area contributed by atoms with Gasteiger partial charge in [-0.3, -0.25) is 0 Å². The number of rotatable bonds is 5. The van der Waals surface area contributed by atoms with Crippen LogP contribution in [-0.4, -0.2) is 6.54 Å². The fourth-order valence-corrected chi connectivity index (χ4v) is 3.52. The molecule has 1 heterocycles. The monoisotopic (exact) mass is 345 g/mol. The molecule has 0 aliphatic rings. The van der Waals surface area contributed by atoms with E-state index in [2.05, 4.69) is 21.2 Å². The van der Waals surface area contributed by atoms with Gasteiger partial charge in [0.05, 0.1) is 3.79 Å². The SMILES string of the molecule is CCNC(Cc1ccc(Br)s1)c1cc(F)cc(F)c1. The Bertz CT molecular complexity index is 536. The Kier molecular flexibility index (Phi) is 5.07. The van der Waals surface area contributed by atoms with Crippen LogP contribution in [0.3, 0.4) is 0 Å². The van der Waals surface area contributed by atoms with E-state index in [1.165, 1.54) is 17.0 Å². The van der Waals surface area contributed by atoms with Crippen LogP contribution >= 0.6 is 27.3 Å². The molecule has 2 aromatic rings. The Morgan fingerprint density at radius 1 is 1.21 bits per heavy atom. The maximum absolute atomic E-state index is 13.3. The van der Waals surface area contributed by atoms with E-state index >= 15 is 0 Å². The first kappa shape index (κ1) is 14.6. The number of thiophene rings is 1. The Labute approximate surface area is 123 Å². The fraction of sp³-hybridized carbons (Fsp3) is 0.286. The van der Waals surface area contributed by atoms with Crippen LogP contribution in [0, 0.1) is 11.6 Å². The molecule has 0 aliphatic carbocycles. The lowest BCUT2D eigenvalue weighted by molar-refractivity contribution is 0.531. The molecule has 0 spiro atoms. The molecule has 0 saturated heterocycles. The molecule has 0 fully saturated rings. The summed E-state index contributed by atoms with van der Waals surface area (Å²) in [7, 11) is 0. The van der Waals surface area contributed by atoms with Crippen molar-refractivity contribution in [2.24, 2.45) is 0 Å². The molecule has 1 aromatic heterocycles. The number of hydrogen-bond donors (Lipinski definition) is 1. The van der Waals surface area contributed by atoms with Crippen LogP contribution < -0.4 is 5.32 Å². The lowest BCUT2D eigenvalue weighted by Crippen LogP contribution is -2.23. The third-order valence-corrected chi connectivity index (χ3v) is 4.42. The Hall–Kier alpha value is -0.780. The highest BCUT2D eigenvalue weighted by atomic mass is 79.9. The minimum atomic E-state index is -0.537. The van der Waals surface area contributed by atoms with Gasteiger partial charge in [-0.05, 0) is 52.3 Å². The fourth-order valence-electron chi connectivity index (χ4n) is 1.99. The van der Waals surface area contributed by atoms with Crippen LogP contribution in [0.4, 0.5) is 8.78 Å². The summed E-state index contributed by atoms with van der Waals surface area (Å²) < 4.78 is 27.7. The van der Waals surface area contributed by atoms with E-state index in [0.29, 0.717) is 12.0 Å². The normalized spacial score (nSPS) is 12.6. The molecule has 0 radical (unpaired) electrons. The molecular weight excluding hydrogens is 332 g/mol. The van der Waals surface area contributed by atoms with Crippen molar-refractivity contribution in [1.82, 2.24) is 5.32 Å². The largest absolute Gasteiger partial charge is 0.310 e. The average Bonchev–Trinajstić information content (AvgIpc) is 2.73. The number of hydrogen-bond acceptors (Lipinski definition) is 2. The standard InChI is InChI=1S/C14H14BrF2NS/c1-2-18-13(8-12-3-4-14(15)19-12)9-5-10(16)7-11(17)6-9/h3-7,13,18H,2,8H2,1H3. The van der Waals surface area contributed by atoms with Gasteiger partial charge in [-0.2, -0.15) is 0 Å². The number of halogens is 3. The molecule has 19 heavy (non-hydrogen) atoms. The van der Waals surface area contributed by atoms with Crippen molar-refractivity contribution in [2.75, 3.05) is 6.54 Å². The summed E-state index contributed by atoms with van der Waals surface area (Å²) in [6.07, 6.45) is 0.715. The summed E-state index contributed by atoms with van der Waals surface area (Å²) in [5.41, 5.74) is 0.642. The van der Waals surface area contributed by atoms with Crippen LogP contribution in [0.15, 0.2) is 34.1 Å². The second kappa shape index (κ2) is 6.59. The quantitative estimate of drug-likeness (QED) is 0.829. The van der Waals surface area contributed by atoms with E-state index in [0.717, 1.165) is 16.4 Å². The zero-order chi connectivity index (χ0) is 13.8. The summed E-state index contributed by atoms with van der Waals surface area (Å²) in [4.78, 5) is 1.17. The van der Waals surface area contributed by atoms with Gasteiger partial charge in [0.25, 0.3) is 0 Å². The van der Waals surface area contributed by atoms with Crippen LogP contribution in [-0.2, 0) is 6.42 Å². The molecule has 1 atom stereocenters. The maximum atomic E-state index is 13.3. The Morgan fingerprint density at radius 2 is 1.89 bits per heavy atom. The predicted octanol–water partition coefficient (Wildman–Crippen LogP) is 4.68. The highest BCUT2D eigenvalue weighted by Crippen LogP contribution is 2.27. The average molecular weight is 346 g/mol. The second-order valence-electron chi connectivity index (χ2n) is 4.22. The van der Waals surface area contributed by atoms with Crippen molar-refractivity contribution in [3.8, 4) is 0 Å². The molecule has 102 valence electrons. The van der Waals surface area contributed by atoms with Crippen LogP contribution in [0.2, 0.25) is 0 Å². The number of nitrogens with one attached hydrogen (secondary N) is 1. The lowest BCUT2D eigenvalue weighted by Gasteiger charge is -2.18. The van der Waals surface area contributed by atoms with Crippen LogP contribution in [0.25, 0.3) is 0 Å². The van der Waals surface area contributed by atoms with E-state index in [1.54, 1.807) is 11.3 Å².